The van der Waals surface area contributed by atoms with Crippen molar-refractivity contribution in [2.75, 3.05) is 5.73 Å². The molecule has 0 spiro atoms. The molecule has 0 amide bonds. The standard InChI is InChI=1S/C12H13N3O/c1-2-15-12(16)8-7-11(14-15)9-3-5-10(13)6-4-9/h3-8H,2,13H2,1H3. The fourth-order valence-corrected chi connectivity index (χ4v) is 1.48. The van der Waals surface area contributed by atoms with Gasteiger partial charge < -0.3 is 5.73 Å². The summed E-state index contributed by atoms with van der Waals surface area (Å²) >= 11 is 0. The number of benzene rings is 1. The summed E-state index contributed by atoms with van der Waals surface area (Å²) in [4.78, 5) is 11.4. The van der Waals surface area contributed by atoms with E-state index >= 15 is 0 Å². The van der Waals surface area contributed by atoms with Gasteiger partial charge in [0.05, 0.1) is 5.69 Å². The molecule has 0 aliphatic rings. The van der Waals surface area contributed by atoms with Crippen molar-refractivity contribution in [2.24, 2.45) is 0 Å². The normalized spacial score (nSPS) is 10.3. The van der Waals surface area contributed by atoms with Gasteiger partial charge in [0.25, 0.3) is 5.56 Å². The number of anilines is 1. The molecule has 4 heteroatoms. The van der Waals surface area contributed by atoms with Crippen molar-refractivity contribution in [1.82, 2.24) is 9.78 Å². The summed E-state index contributed by atoms with van der Waals surface area (Å²) in [5, 5.41) is 4.25. The Kier molecular flexibility index (Phi) is 2.72. The summed E-state index contributed by atoms with van der Waals surface area (Å²) in [7, 11) is 0. The first kappa shape index (κ1) is 10.4. The second kappa shape index (κ2) is 4.18. The summed E-state index contributed by atoms with van der Waals surface area (Å²) < 4.78 is 1.44. The number of nitrogens with zero attached hydrogens (tertiary/aromatic N) is 2. The molecular weight excluding hydrogens is 202 g/mol. The van der Waals surface area contributed by atoms with E-state index < -0.39 is 0 Å². The Morgan fingerprint density at radius 1 is 1.19 bits per heavy atom. The molecule has 0 saturated carbocycles. The lowest BCUT2D eigenvalue weighted by atomic mass is 10.1. The van der Waals surface area contributed by atoms with Gasteiger partial charge in [0.15, 0.2) is 0 Å². The number of rotatable bonds is 2. The van der Waals surface area contributed by atoms with Crippen LogP contribution in [0.5, 0.6) is 0 Å². The molecule has 4 nitrogen and oxygen atoms in total. The fraction of sp³-hybridized carbons (Fsp3) is 0.167. The number of hydrogen-bond donors (Lipinski definition) is 1. The third kappa shape index (κ3) is 1.95. The Labute approximate surface area is 93.3 Å². The van der Waals surface area contributed by atoms with Gasteiger partial charge in [-0.05, 0) is 25.1 Å². The summed E-state index contributed by atoms with van der Waals surface area (Å²) in [6, 6.07) is 10.7. The van der Waals surface area contributed by atoms with Gasteiger partial charge in [0, 0.05) is 23.9 Å². The first-order valence-corrected chi connectivity index (χ1v) is 5.15. The topological polar surface area (TPSA) is 60.9 Å². The highest BCUT2D eigenvalue weighted by Crippen LogP contribution is 2.16. The van der Waals surface area contributed by atoms with Crippen molar-refractivity contribution in [3.63, 3.8) is 0 Å². The predicted molar refractivity (Wildman–Crippen MR) is 64.0 cm³/mol. The quantitative estimate of drug-likeness (QED) is 0.772. The van der Waals surface area contributed by atoms with Crippen LogP contribution in [0.15, 0.2) is 41.2 Å². The molecule has 0 aliphatic carbocycles. The zero-order valence-corrected chi connectivity index (χ0v) is 9.05. The maximum Gasteiger partial charge on any atom is 0.266 e. The molecular formula is C12H13N3O. The molecule has 2 rings (SSSR count). The van der Waals surface area contributed by atoms with Gasteiger partial charge in [-0.3, -0.25) is 4.79 Å². The molecule has 1 heterocycles. The van der Waals surface area contributed by atoms with Crippen molar-refractivity contribution in [2.45, 2.75) is 13.5 Å². The number of hydrogen-bond acceptors (Lipinski definition) is 3. The van der Waals surface area contributed by atoms with Crippen LogP contribution in [-0.4, -0.2) is 9.78 Å². The van der Waals surface area contributed by atoms with Gasteiger partial charge in [-0.2, -0.15) is 5.10 Å². The van der Waals surface area contributed by atoms with E-state index in [1.165, 1.54) is 10.7 Å². The molecule has 0 atom stereocenters. The zero-order chi connectivity index (χ0) is 11.5. The Morgan fingerprint density at radius 2 is 1.88 bits per heavy atom. The molecule has 1 aromatic heterocycles. The highest BCUT2D eigenvalue weighted by atomic mass is 16.1. The van der Waals surface area contributed by atoms with E-state index in [1.54, 1.807) is 6.07 Å². The van der Waals surface area contributed by atoms with Crippen LogP contribution in [0.1, 0.15) is 6.92 Å². The first-order valence-electron chi connectivity index (χ1n) is 5.15. The minimum atomic E-state index is -0.0818. The molecule has 16 heavy (non-hydrogen) atoms. The van der Waals surface area contributed by atoms with Gasteiger partial charge in [-0.1, -0.05) is 12.1 Å². The number of nitrogens with two attached hydrogens (primary N) is 1. The van der Waals surface area contributed by atoms with Crippen molar-refractivity contribution in [3.05, 3.63) is 46.8 Å². The minimum absolute atomic E-state index is 0.0818. The van der Waals surface area contributed by atoms with Crippen molar-refractivity contribution < 1.29 is 0 Å². The Balaban J connectivity index is 2.48. The van der Waals surface area contributed by atoms with Crippen molar-refractivity contribution in [3.8, 4) is 11.3 Å². The van der Waals surface area contributed by atoms with Gasteiger partial charge in [-0.25, -0.2) is 4.68 Å². The third-order valence-corrected chi connectivity index (χ3v) is 2.37. The van der Waals surface area contributed by atoms with Crippen LogP contribution < -0.4 is 11.3 Å². The Bertz CT molecular complexity index is 543. The molecule has 2 N–H and O–H groups in total. The highest BCUT2D eigenvalue weighted by Gasteiger charge is 2.01. The van der Waals surface area contributed by atoms with Crippen molar-refractivity contribution >= 4 is 5.69 Å². The van der Waals surface area contributed by atoms with E-state index in [0.29, 0.717) is 12.2 Å². The van der Waals surface area contributed by atoms with Crippen LogP contribution in [0.2, 0.25) is 0 Å². The van der Waals surface area contributed by atoms with Crippen LogP contribution in [-0.2, 0) is 6.54 Å². The van der Waals surface area contributed by atoms with Crippen molar-refractivity contribution in [1.29, 1.82) is 0 Å². The molecule has 0 unspecified atom stereocenters. The summed E-state index contributed by atoms with van der Waals surface area (Å²) in [6.07, 6.45) is 0. The van der Waals surface area contributed by atoms with Gasteiger partial charge in [0.2, 0.25) is 0 Å². The number of aryl methyl sites for hydroxylation is 1. The summed E-state index contributed by atoms with van der Waals surface area (Å²) in [6.45, 7) is 2.46. The first-order chi connectivity index (χ1) is 7.70. The second-order valence-electron chi connectivity index (χ2n) is 3.49. The van der Waals surface area contributed by atoms with Crippen LogP contribution in [0.4, 0.5) is 5.69 Å². The average molecular weight is 215 g/mol. The monoisotopic (exact) mass is 215 g/mol. The van der Waals surface area contributed by atoms with E-state index in [4.69, 9.17) is 5.73 Å². The average Bonchev–Trinajstić information content (AvgIpc) is 2.31. The van der Waals surface area contributed by atoms with Crippen LogP contribution in [0.25, 0.3) is 11.3 Å². The third-order valence-electron chi connectivity index (χ3n) is 2.37. The maximum absolute atomic E-state index is 11.4. The maximum atomic E-state index is 11.4. The number of aromatic nitrogens is 2. The highest BCUT2D eigenvalue weighted by molar-refractivity contribution is 5.61. The van der Waals surface area contributed by atoms with E-state index in [9.17, 15) is 4.79 Å². The number of nitrogen functional groups attached to an aromatic ring is 1. The summed E-state index contributed by atoms with van der Waals surface area (Å²) in [5.74, 6) is 0. The largest absolute Gasteiger partial charge is 0.399 e. The molecule has 0 aliphatic heterocycles. The van der Waals surface area contributed by atoms with Crippen LogP contribution >= 0.6 is 0 Å². The van der Waals surface area contributed by atoms with Gasteiger partial charge in [-0.15, -0.1) is 0 Å². The molecule has 0 fully saturated rings. The van der Waals surface area contributed by atoms with E-state index in [0.717, 1.165) is 11.3 Å². The lowest BCUT2D eigenvalue weighted by molar-refractivity contribution is 0.619. The van der Waals surface area contributed by atoms with E-state index in [2.05, 4.69) is 5.10 Å². The molecule has 82 valence electrons. The predicted octanol–water partition coefficient (Wildman–Crippen LogP) is 1.51. The molecule has 2 aromatic rings. The lowest BCUT2D eigenvalue weighted by Gasteiger charge is -2.04. The van der Waals surface area contributed by atoms with Gasteiger partial charge in [0.1, 0.15) is 0 Å². The molecule has 0 saturated heterocycles. The smallest absolute Gasteiger partial charge is 0.266 e. The van der Waals surface area contributed by atoms with Gasteiger partial charge >= 0.3 is 0 Å². The Hall–Kier alpha value is -2.10. The molecule has 1 aromatic carbocycles. The SMILES string of the molecule is CCn1nc(-c2ccc(N)cc2)ccc1=O. The zero-order valence-electron chi connectivity index (χ0n) is 9.05. The molecule has 0 bridgehead atoms. The fourth-order valence-electron chi connectivity index (χ4n) is 1.48. The van der Waals surface area contributed by atoms with Crippen LogP contribution in [0, 0.1) is 0 Å². The lowest BCUT2D eigenvalue weighted by Crippen LogP contribution is -2.20. The van der Waals surface area contributed by atoms with Crippen LogP contribution in [0.3, 0.4) is 0 Å². The Morgan fingerprint density at radius 3 is 2.50 bits per heavy atom. The molecule has 0 radical (unpaired) electrons. The minimum Gasteiger partial charge on any atom is -0.399 e. The second-order valence-corrected chi connectivity index (χ2v) is 3.49. The summed E-state index contributed by atoms with van der Waals surface area (Å²) in [5.41, 5.74) is 7.98. The van der Waals surface area contributed by atoms with E-state index in [1.807, 2.05) is 31.2 Å². The van der Waals surface area contributed by atoms with E-state index in [-0.39, 0.29) is 5.56 Å².